The zero-order valence-electron chi connectivity index (χ0n) is 9.03. The summed E-state index contributed by atoms with van der Waals surface area (Å²) in [5.74, 6) is 0.723. The second-order valence-corrected chi connectivity index (χ2v) is 5.35. The Morgan fingerprint density at radius 1 is 1.50 bits per heavy atom. The molecule has 1 aliphatic heterocycles. The lowest BCUT2D eigenvalue weighted by molar-refractivity contribution is -0.117. The van der Waals surface area contributed by atoms with Crippen molar-refractivity contribution in [2.24, 2.45) is 0 Å². The van der Waals surface area contributed by atoms with E-state index in [2.05, 4.69) is 21.0 Å². The van der Waals surface area contributed by atoms with E-state index in [1.54, 1.807) is 0 Å². The van der Waals surface area contributed by atoms with Crippen LogP contribution in [0.5, 0.6) is 0 Å². The molecule has 0 aromatic carbocycles. The van der Waals surface area contributed by atoms with Gasteiger partial charge < -0.3 is 10.6 Å². The van der Waals surface area contributed by atoms with Gasteiger partial charge in [0.2, 0.25) is 5.91 Å². The molecule has 0 bridgehead atoms. The van der Waals surface area contributed by atoms with Crippen molar-refractivity contribution in [3.8, 4) is 0 Å². The second-order valence-electron chi connectivity index (χ2n) is 4.49. The molecular weight excluding hydrogens is 222 g/mol. The number of nitrogens with zero attached hydrogens (tertiary/aromatic N) is 1. The Hall–Kier alpha value is -0.940. The van der Waals surface area contributed by atoms with Gasteiger partial charge in [0.25, 0.3) is 0 Å². The zero-order valence-corrected chi connectivity index (χ0v) is 9.85. The van der Waals surface area contributed by atoms with Crippen molar-refractivity contribution >= 4 is 22.4 Å². The van der Waals surface area contributed by atoms with Crippen LogP contribution < -0.4 is 10.6 Å². The highest BCUT2D eigenvalue weighted by atomic mass is 32.1. The molecule has 2 aliphatic rings. The summed E-state index contributed by atoms with van der Waals surface area (Å²) in [4.78, 5) is 16.2. The van der Waals surface area contributed by atoms with E-state index in [-0.39, 0.29) is 11.9 Å². The molecule has 1 aliphatic carbocycles. The van der Waals surface area contributed by atoms with Gasteiger partial charge in [0.15, 0.2) is 5.13 Å². The van der Waals surface area contributed by atoms with Crippen LogP contribution in [0.15, 0.2) is 5.38 Å². The van der Waals surface area contributed by atoms with Crippen LogP contribution in [-0.2, 0) is 4.79 Å². The van der Waals surface area contributed by atoms with Gasteiger partial charge in [0.1, 0.15) is 0 Å². The minimum Gasteiger partial charge on any atom is -0.306 e. The molecule has 3 rings (SSSR count). The van der Waals surface area contributed by atoms with Gasteiger partial charge in [-0.05, 0) is 32.2 Å². The first-order valence-electron chi connectivity index (χ1n) is 5.82. The van der Waals surface area contributed by atoms with Gasteiger partial charge in [-0.1, -0.05) is 0 Å². The van der Waals surface area contributed by atoms with Crippen LogP contribution in [-0.4, -0.2) is 23.5 Å². The molecule has 0 radical (unpaired) electrons. The zero-order chi connectivity index (χ0) is 11.0. The monoisotopic (exact) mass is 237 g/mol. The molecular formula is C11H15N3OS. The Kier molecular flexibility index (Phi) is 2.65. The summed E-state index contributed by atoms with van der Waals surface area (Å²) in [6.45, 7) is 0.948. The third-order valence-electron chi connectivity index (χ3n) is 3.12. The fourth-order valence-electron chi connectivity index (χ4n) is 2.01. The first kappa shape index (κ1) is 10.2. The van der Waals surface area contributed by atoms with E-state index in [1.807, 2.05) is 0 Å². The minimum absolute atomic E-state index is 0.0201. The van der Waals surface area contributed by atoms with Crippen LogP contribution in [0.2, 0.25) is 0 Å². The van der Waals surface area contributed by atoms with E-state index in [1.165, 1.54) is 24.2 Å². The summed E-state index contributed by atoms with van der Waals surface area (Å²) in [7, 11) is 0. The first-order valence-corrected chi connectivity index (χ1v) is 6.70. The molecule has 2 N–H and O–H groups in total. The van der Waals surface area contributed by atoms with Gasteiger partial charge in [-0.25, -0.2) is 4.98 Å². The van der Waals surface area contributed by atoms with E-state index < -0.39 is 0 Å². The predicted octanol–water partition coefficient (Wildman–Crippen LogP) is 1.71. The van der Waals surface area contributed by atoms with Crippen molar-refractivity contribution in [1.29, 1.82) is 0 Å². The molecule has 2 heterocycles. The van der Waals surface area contributed by atoms with Crippen molar-refractivity contribution in [3.05, 3.63) is 11.1 Å². The van der Waals surface area contributed by atoms with Gasteiger partial charge in [-0.15, -0.1) is 11.3 Å². The molecule has 1 saturated carbocycles. The maximum absolute atomic E-state index is 11.8. The maximum atomic E-state index is 11.8. The average Bonchev–Trinajstić information content (AvgIpc) is 2.82. The summed E-state index contributed by atoms with van der Waals surface area (Å²) < 4.78 is 0. The normalized spacial score (nSPS) is 24.6. The topological polar surface area (TPSA) is 54.0 Å². The molecule has 0 spiro atoms. The standard InChI is InChI=1S/C11H15N3OS/c15-10(8-2-1-5-12-8)14-11-13-9(6-16-11)7-3-4-7/h6-8,12H,1-5H2,(H,13,14,15). The van der Waals surface area contributed by atoms with Crippen LogP contribution in [0.1, 0.15) is 37.3 Å². The van der Waals surface area contributed by atoms with Gasteiger partial charge in [-0.2, -0.15) is 0 Å². The number of nitrogens with one attached hydrogen (secondary N) is 2. The minimum atomic E-state index is -0.0201. The summed E-state index contributed by atoms with van der Waals surface area (Å²) in [5.41, 5.74) is 1.15. The van der Waals surface area contributed by atoms with Crippen molar-refractivity contribution in [2.45, 2.75) is 37.6 Å². The quantitative estimate of drug-likeness (QED) is 0.841. The van der Waals surface area contributed by atoms with Crippen LogP contribution >= 0.6 is 11.3 Å². The molecule has 1 amide bonds. The summed E-state index contributed by atoms with van der Waals surface area (Å²) >= 11 is 1.53. The second kappa shape index (κ2) is 4.14. The van der Waals surface area contributed by atoms with Crippen LogP contribution in [0, 0.1) is 0 Å². The number of rotatable bonds is 3. The van der Waals surface area contributed by atoms with Crippen molar-refractivity contribution in [1.82, 2.24) is 10.3 Å². The van der Waals surface area contributed by atoms with E-state index >= 15 is 0 Å². The fraction of sp³-hybridized carbons (Fsp3) is 0.636. The number of anilines is 1. The Morgan fingerprint density at radius 3 is 3.06 bits per heavy atom. The molecule has 1 aromatic heterocycles. The Morgan fingerprint density at radius 2 is 2.38 bits per heavy atom. The van der Waals surface area contributed by atoms with E-state index in [0.717, 1.165) is 30.2 Å². The largest absolute Gasteiger partial charge is 0.306 e. The van der Waals surface area contributed by atoms with Crippen molar-refractivity contribution < 1.29 is 4.79 Å². The van der Waals surface area contributed by atoms with E-state index in [4.69, 9.17) is 0 Å². The highest BCUT2D eigenvalue weighted by Crippen LogP contribution is 2.40. The number of hydrogen-bond donors (Lipinski definition) is 2. The molecule has 1 atom stereocenters. The molecule has 1 saturated heterocycles. The molecule has 1 unspecified atom stereocenters. The smallest absolute Gasteiger partial charge is 0.243 e. The predicted molar refractivity (Wildman–Crippen MR) is 63.7 cm³/mol. The molecule has 2 fully saturated rings. The highest BCUT2D eigenvalue weighted by Gasteiger charge is 2.27. The third-order valence-corrected chi connectivity index (χ3v) is 3.90. The molecule has 5 heteroatoms. The van der Waals surface area contributed by atoms with Crippen LogP contribution in [0.4, 0.5) is 5.13 Å². The summed E-state index contributed by atoms with van der Waals surface area (Å²) in [6, 6.07) is -0.0201. The summed E-state index contributed by atoms with van der Waals surface area (Å²) in [5, 5.41) is 8.89. The lowest BCUT2D eigenvalue weighted by Gasteiger charge is -2.08. The Balaban J connectivity index is 1.61. The van der Waals surface area contributed by atoms with Crippen LogP contribution in [0.25, 0.3) is 0 Å². The Labute approximate surface area is 98.5 Å². The third kappa shape index (κ3) is 2.10. The van der Waals surface area contributed by atoms with Crippen LogP contribution in [0.3, 0.4) is 0 Å². The SMILES string of the molecule is O=C(Nc1nc(C2CC2)cs1)C1CCCN1. The number of hydrogen-bond acceptors (Lipinski definition) is 4. The van der Waals surface area contributed by atoms with E-state index in [9.17, 15) is 4.79 Å². The van der Waals surface area contributed by atoms with Gasteiger partial charge >= 0.3 is 0 Å². The van der Waals surface area contributed by atoms with Crippen molar-refractivity contribution in [3.63, 3.8) is 0 Å². The number of carbonyl (C=O) groups is 1. The summed E-state index contributed by atoms with van der Waals surface area (Å²) in [6.07, 6.45) is 4.53. The lowest BCUT2D eigenvalue weighted by atomic mass is 10.2. The highest BCUT2D eigenvalue weighted by molar-refractivity contribution is 7.13. The molecule has 16 heavy (non-hydrogen) atoms. The molecule has 4 nitrogen and oxygen atoms in total. The lowest BCUT2D eigenvalue weighted by Crippen LogP contribution is -2.35. The van der Waals surface area contributed by atoms with Gasteiger partial charge in [-0.3, -0.25) is 4.79 Å². The number of amides is 1. The Bertz CT molecular complexity index is 394. The van der Waals surface area contributed by atoms with E-state index in [0.29, 0.717) is 5.92 Å². The number of carbonyl (C=O) groups excluding carboxylic acids is 1. The molecule has 1 aromatic rings. The van der Waals surface area contributed by atoms with Gasteiger partial charge in [0, 0.05) is 11.3 Å². The van der Waals surface area contributed by atoms with Gasteiger partial charge in [0.05, 0.1) is 11.7 Å². The number of thiazole rings is 1. The van der Waals surface area contributed by atoms with Crippen molar-refractivity contribution in [2.75, 3.05) is 11.9 Å². The average molecular weight is 237 g/mol. The fourth-order valence-corrected chi connectivity index (χ4v) is 2.81. The first-order chi connectivity index (χ1) is 7.83. The maximum Gasteiger partial charge on any atom is 0.243 e. The molecule has 86 valence electrons. The number of aromatic nitrogens is 1.